The minimum absolute atomic E-state index is 0.169. The van der Waals surface area contributed by atoms with Gasteiger partial charge in [0, 0.05) is 24.7 Å². The van der Waals surface area contributed by atoms with Gasteiger partial charge in [0.25, 0.3) is 5.91 Å². The quantitative estimate of drug-likeness (QED) is 0.552. The summed E-state index contributed by atoms with van der Waals surface area (Å²) < 4.78 is 15.5. The minimum Gasteiger partial charge on any atom is -0.497 e. The Hall–Kier alpha value is -2.50. The molecule has 0 atom stereocenters. The molecule has 2 rings (SSSR count). The maximum atomic E-state index is 12.2. The second kappa shape index (κ2) is 9.85. The lowest BCUT2D eigenvalue weighted by molar-refractivity contribution is -0.148. The topological polar surface area (TPSA) is 65.1 Å². The molecule has 26 heavy (non-hydrogen) atoms. The summed E-state index contributed by atoms with van der Waals surface area (Å²) in [5.41, 5.74) is 0.689. The van der Waals surface area contributed by atoms with Crippen molar-refractivity contribution in [1.82, 2.24) is 4.90 Å². The van der Waals surface area contributed by atoms with E-state index in [0.29, 0.717) is 17.1 Å². The molecule has 1 aromatic rings. The van der Waals surface area contributed by atoms with Crippen molar-refractivity contribution in [2.24, 2.45) is 0 Å². The molecule has 1 fully saturated rings. The Labute approximate surface area is 154 Å². The van der Waals surface area contributed by atoms with Crippen LogP contribution < -0.4 is 9.47 Å². The number of likely N-dealkylation sites (N-methyl/N-ethyl adjacent to an activating group) is 1. The van der Waals surface area contributed by atoms with Gasteiger partial charge in [0.1, 0.15) is 11.5 Å². The molecule has 6 heteroatoms. The van der Waals surface area contributed by atoms with Crippen molar-refractivity contribution in [2.75, 3.05) is 27.9 Å². The Kier molecular flexibility index (Phi) is 7.51. The number of ether oxygens (including phenoxy) is 3. The Morgan fingerprint density at radius 2 is 1.88 bits per heavy atom. The molecule has 142 valence electrons. The Morgan fingerprint density at radius 3 is 2.54 bits per heavy atom. The van der Waals surface area contributed by atoms with Crippen LogP contribution >= 0.6 is 0 Å². The Bertz CT molecular complexity index is 650. The minimum atomic E-state index is -0.569. The van der Waals surface area contributed by atoms with Crippen molar-refractivity contribution in [1.29, 1.82) is 0 Å². The lowest BCUT2D eigenvalue weighted by Gasteiger charge is -2.31. The van der Waals surface area contributed by atoms with E-state index in [1.807, 2.05) is 0 Å². The number of carbonyl (C=O) groups is 2. The van der Waals surface area contributed by atoms with Crippen molar-refractivity contribution in [3.05, 3.63) is 29.8 Å². The first-order valence-corrected chi connectivity index (χ1v) is 8.87. The van der Waals surface area contributed by atoms with Crippen LogP contribution in [0.2, 0.25) is 0 Å². The second-order valence-electron chi connectivity index (χ2n) is 6.35. The van der Waals surface area contributed by atoms with Gasteiger partial charge >= 0.3 is 5.97 Å². The van der Waals surface area contributed by atoms with Gasteiger partial charge in [-0.25, -0.2) is 4.79 Å². The van der Waals surface area contributed by atoms with Gasteiger partial charge in [-0.2, -0.15) is 0 Å². The van der Waals surface area contributed by atoms with Crippen molar-refractivity contribution >= 4 is 18.0 Å². The summed E-state index contributed by atoms with van der Waals surface area (Å²) in [5.74, 6) is 0.531. The first kappa shape index (κ1) is 19.8. The monoisotopic (exact) mass is 361 g/mol. The number of methoxy groups -OCH3 is 2. The molecule has 1 aliphatic rings. The fraction of sp³-hybridized carbons (Fsp3) is 0.500. The van der Waals surface area contributed by atoms with Crippen molar-refractivity contribution < 1.29 is 23.8 Å². The largest absolute Gasteiger partial charge is 0.497 e. The summed E-state index contributed by atoms with van der Waals surface area (Å²) in [6.45, 7) is -0.245. The molecule has 0 spiro atoms. The molecule has 0 radical (unpaired) electrons. The van der Waals surface area contributed by atoms with E-state index in [1.165, 1.54) is 12.5 Å². The number of hydrogen-bond acceptors (Lipinski definition) is 5. The number of amides is 1. The highest BCUT2D eigenvalue weighted by Gasteiger charge is 2.22. The highest BCUT2D eigenvalue weighted by atomic mass is 16.5. The van der Waals surface area contributed by atoms with Crippen LogP contribution in [0.3, 0.4) is 0 Å². The van der Waals surface area contributed by atoms with Crippen LogP contribution in [0.4, 0.5) is 0 Å². The van der Waals surface area contributed by atoms with E-state index in [4.69, 9.17) is 14.2 Å². The van der Waals surface area contributed by atoms with Crippen molar-refractivity contribution in [2.45, 2.75) is 38.1 Å². The van der Waals surface area contributed by atoms with E-state index in [9.17, 15) is 9.59 Å². The van der Waals surface area contributed by atoms with Crippen LogP contribution in [0.25, 0.3) is 6.08 Å². The molecule has 1 aliphatic carbocycles. The van der Waals surface area contributed by atoms with Gasteiger partial charge in [0.15, 0.2) is 6.61 Å². The van der Waals surface area contributed by atoms with E-state index in [2.05, 4.69) is 0 Å². The van der Waals surface area contributed by atoms with Gasteiger partial charge < -0.3 is 19.1 Å². The second-order valence-corrected chi connectivity index (χ2v) is 6.35. The molecule has 1 saturated carbocycles. The zero-order valence-electron chi connectivity index (χ0n) is 15.7. The van der Waals surface area contributed by atoms with Crippen LogP contribution in [0, 0.1) is 0 Å². The molecule has 0 heterocycles. The normalized spacial score (nSPS) is 14.9. The predicted molar refractivity (Wildman–Crippen MR) is 99.2 cm³/mol. The highest BCUT2D eigenvalue weighted by molar-refractivity contribution is 5.89. The third-order valence-corrected chi connectivity index (χ3v) is 4.69. The fourth-order valence-electron chi connectivity index (χ4n) is 3.08. The molecule has 0 aromatic heterocycles. The molecule has 1 aromatic carbocycles. The number of rotatable bonds is 7. The van der Waals surface area contributed by atoms with E-state index < -0.39 is 5.97 Å². The van der Waals surface area contributed by atoms with E-state index in [1.54, 1.807) is 50.4 Å². The zero-order chi connectivity index (χ0) is 18.9. The Morgan fingerprint density at radius 1 is 1.15 bits per heavy atom. The van der Waals surface area contributed by atoms with Crippen molar-refractivity contribution in [3.63, 3.8) is 0 Å². The lowest BCUT2D eigenvalue weighted by atomic mass is 9.94. The molecular formula is C20H27NO5. The maximum Gasteiger partial charge on any atom is 0.331 e. The number of nitrogens with zero attached hydrogens (tertiary/aromatic N) is 1. The molecule has 0 N–H and O–H groups in total. The van der Waals surface area contributed by atoms with Gasteiger partial charge in [-0.15, -0.1) is 0 Å². The van der Waals surface area contributed by atoms with Gasteiger partial charge in [-0.1, -0.05) is 19.3 Å². The average molecular weight is 361 g/mol. The van der Waals surface area contributed by atoms with E-state index >= 15 is 0 Å². The first-order chi connectivity index (χ1) is 12.5. The van der Waals surface area contributed by atoms with Crippen LogP contribution in [-0.4, -0.2) is 50.7 Å². The third kappa shape index (κ3) is 5.51. The zero-order valence-corrected chi connectivity index (χ0v) is 15.7. The number of hydrogen-bond donors (Lipinski definition) is 0. The molecular weight excluding hydrogens is 334 g/mol. The average Bonchev–Trinajstić information content (AvgIpc) is 2.70. The van der Waals surface area contributed by atoms with E-state index in [-0.39, 0.29) is 18.6 Å². The summed E-state index contributed by atoms with van der Waals surface area (Å²) in [5, 5.41) is 0. The summed E-state index contributed by atoms with van der Waals surface area (Å²) in [6, 6.07) is 5.54. The maximum absolute atomic E-state index is 12.2. The SMILES string of the molecule is COc1ccc(OC)c(/C=C/C(=O)OCC(=O)N(C)C2CCCCC2)c1. The van der Waals surface area contributed by atoms with Crippen molar-refractivity contribution in [3.8, 4) is 11.5 Å². The summed E-state index contributed by atoms with van der Waals surface area (Å²) in [4.78, 5) is 25.8. The highest BCUT2D eigenvalue weighted by Crippen LogP contribution is 2.25. The standard InChI is InChI=1S/C20H27NO5/c1-21(16-7-5-4-6-8-16)19(22)14-26-20(23)12-9-15-13-17(24-2)10-11-18(15)25-3/h9-13,16H,4-8,14H2,1-3H3/b12-9+. The van der Waals surface area contributed by atoms with Gasteiger partial charge in [-0.05, 0) is 37.1 Å². The number of esters is 1. The van der Waals surface area contributed by atoms with E-state index in [0.717, 1.165) is 25.7 Å². The molecule has 0 bridgehead atoms. The summed E-state index contributed by atoms with van der Waals surface area (Å²) in [6.07, 6.45) is 8.42. The lowest BCUT2D eigenvalue weighted by Crippen LogP contribution is -2.40. The predicted octanol–water partition coefficient (Wildman–Crippen LogP) is 3.05. The molecule has 0 aliphatic heterocycles. The van der Waals surface area contributed by atoms with Crippen LogP contribution in [-0.2, 0) is 14.3 Å². The van der Waals surface area contributed by atoms with Crippen LogP contribution in [0.15, 0.2) is 24.3 Å². The first-order valence-electron chi connectivity index (χ1n) is 8.87. The number of carbonyl (C=O) groups excluding carboxylic acids is 2. The summed E-state index contributed by atoms with van der Waals surface area (Å²) >= 11 is 0. The van der Waals surface area contributed by atoms with Crippen LogP contribution in [0.1, 0.15) is 37.7 Å². The fourth-order valence-corrected chi connectivity index (χ4v) is 3.08. The molecule has 0 saturated heterocycles. The molecule has 0 unspecified atom stereocenters. The smallest absolute Gasteiger partial charge is 0.331 e. The Balaban J connectivity index is 1.88. The van der Waals surface area contributed by atoms with Crippen LogP contribution in [0.5, 0.6) is 11.5 Å². The van der Waals surface area contributed by atoms with Gasteiger partial charge in [-0.3, -0.25) is 4.79 Å². The van der Waals surface area contributed by atoms with Gasteiger partial charge in [0.2, 0.25) is 0 Å². The molecule has 1 amide bonds. The number of benzene rings is 1. The molecule has 6 nitrogen and oxygen atoms in total. The third-order valence-electron chi connectivity index (χ3n) is 4.69. The van der Waals surface area contributed by atoms with Gasteiger partial charge in [0.05, 0.1) is 14.2 Å². The summed E-state index contributed by atoms with van der Waals surface area (Å²) in [7, 11) is 4.90.